The number of carbonyl (C=O) groups is 2. The molecule has 6 aromatic rings. The molecule has 1 fully saturated rings. The first kappa shape index (κ1) is 34.7. The van der Waals surface area contributed by atoms with Crippen molar-refractivity contribution in [1.82, 2.24) is 29.8 Å². The van der Waals surface area contributed by atoms with Crippen LogP contribution in [0.3, 0.4) is 0 Å². The molecule has 0 radical (unpaired) electrons. The van der Waals surface area contributed by atoms with Gasteiger partial charge in [0.2, 0.25) is 0 Å². The molecule has 1 aliphatic heterocycles. The smallest absolute Gasteiger partial charge is 0.320 e. The molecule has 0 unspecified atom stereocenters. The Labute approximate surface area is 302 Å². The summed E-state index contributed by atoms with van der Waals surface area (Å²) in [6.45, 7) is 6.64. The monoisotopic (exact) mass is 695 g/mol. The summed E-state index contributed by atoms with van der Waals surface area (Å²) in [5.41, 5.74) is 10.9. The number of fused-ring (bicyclic) bond motifs is 1. The summed E-state index contributed by atoms with van der Waals surface area (Å²) in [6.07, 6.45) is 5.26. The number of aliphatic hydroxyl groups is 1. The molecular weight excluding hydrogens is 654 g/mol. The number of aliphatic hydroxyl groups excluding tert-OH is 1. The standard InChI is InChI=1S/C41H41N7O4/c1-26-32(6-3-7-33(26)34-8-4-9-35(27(34)2)44-40(50)36-16-13-29(24-43-36)23-42-18-21-49)31-17-20-48-38(22-31)45-46-39(48)30-14-11-28(12-15-30)25-47-19-5-10-37(47)41(51)52/h3-4,6-9,11-17,20,22,24,37,42,49H,5,10,18-19,21,23,25H2,1-2H3,(H,44,50)(H,51,52)/t37-/m1/s1. The predicted molar refractivity (Wildman–Crippen MR) is 201 cm³/mol. The molecule has 1 atom stereocenters. The van der Waals surface area contributed by atoms with Crippen molar-refractivity contribution in [3.63, 3.8) is 0 Å². The molecule has 52 heavy (non-hydrogen) atoms. The van der Waals surface area contributed by atoms with Crippen molar-refractivity contribution in [2.75, 3.05) is 25.0 Å². The van der Waals surface area contributed by atoms with Crippen LogP contribution in [-0.2, 0) is 17.9 Å². The number of carboxylic acid groups (broad SMARTS) is 1. The SMILES string of the molecule is Cc1c(NC(=O)c2ccc(CNCCO)cn2)cccc1-c1cccc(-c2ccn3c(-c4ccc(CN5CCC[C@@H]5C(=O)O)cc4)nnc3c2)c1C. The van der Waals surface area contributed by atoms with Gasteiger partial charge in [0.25, 0.3) is 5.91 Å². The Kier molecular flexibility index (Phi) is 10.2. The van der Waals surface area contributed by atoms with E-state index in [4.69, 9.17) is 5.11 Å². The van der Waals surface area contributed by atoms with Gasteiger partial charge in [-0.15, -0.1) is 10.2 Å². The van der Waals surface area contributed by atoms with Crippen LogP contribution in [-0.4, -0.2) is 72.3 Å². The number of pyridine rings is 2. The minimum atomic E-state index is -0.753. The second-order valence-corrected chi connectivity index (χ2v) is 13.2. The molecule has 3 aromatic carbocycles. The first-order valence-electron chi connectivity index (χ1n) is 17.5. The Morgan fingerprint density at radius 1 is 0.865 bits per heavy atom. The number of nitrogens with one attached hydrogen (secondary N) is 2. The second-order valence-electron chi connectivity index (χ2n) is 13.2. The predicted octanol–water partition coefficient (Wildman–Crippen LogP) is 6.13. The molecule has 11 nitrogen and oxygen atoms in total. The Morgan fingerprint density at radius 2 is 1.62 bits per heavy atom. The summed E-state index contributed by atoms with van der Waals surface area (Å²) in [7, 11) is 0. The molecule has 0 aliphatic carbocycles. The van der Waals surface area contributed by atoms with Crippen LogP contribution in [0.1, 0.15) is 45.6 Å². The maximum atomic E-state index is 13.1. The third-order valence-corrected chi connectivity index (χ3v) is 9.85. The van der Waals surface area contributed by atoms with Crippen LogP contribution in [0, 0.1) is 13.8 Å². The molecule has 0 spiro atoms. The van der Waals surface area contributed by atoms with Gasteiger partial charge in [-0.05, 0) is 102 Å². The van der Waals surface area contributed by atoms with E-state index in [1.54, 1.807) is 12.3 Å². The number of likely N-dealkylation sites (tertiary alicyclic amines) is 1. The summed E-state index contributed by atoms with van der Waals surface area (Å²) < 4.78 is 1.98. The molecule has 7 rings (SSSR count). The topological polar surface area (TPSA) is 145 Å². The molecular formula is C41H41N7O4. The lowest BCUT2D eigenvalue weighted by Gasteiger charge is -2.21. The zero-order valence-corrected chi connectivity index (χ0v) is 29.2. The van der Waals surface area contributed by atoms with Gasteiger partial charge in [-0.1, -0.05) is 60.7 Å². The van der Waals surface area contributed by atoms with Gasteiger partial charge in [-0.3, -0.25) is 23.9 Å². The quantitative estimate of drug-likeness (QED) is 0.111. The fourth-order valence-corrected chi connectivity index (χ4v) is 7.01. The van der Waals surface area contributed by atoms with Crippen LogP contribution < -0.4 is 10.6 Å². The molecule has 1 saturated heterocycles. The summed E-state index contributed by atoms with van der Waals surface area (Å²) in [5.74, 6) is -0.302. The van der Waals surface area contributed by atoms with Crippen LogP contribution in [0.2, 0.25) is 0 Å². The van der Waals surface area contributed by atoms with Gasteiger partial charge in [0.05, 0.1) is 6.61 Å². The zero-order valence-electron chi connectivity index (χ0n) is 29.2. The number of carboxylic acids is 1. The van der Waals surface area contributed by atoms with Crippen molar-refractivity contribution in [2.45, 2.75) is 45.8 Å². The van der Waals surface area contributed by atoms with Gasteiger partial charge in [0, 0.05) is 43.3 Å². The molecule has 4 heterocycles. The van der Waals surface area contributed by atoms with E-state index in [2.05, 4.69) is 57.0 Å². The first-order valence-corrected chi connectivity index (χ1v) is 17.5. The lowest BCUT2D eigenvalue weighted by Crippen LogP contribution is -2.35. The number of hydrogen-bond donors (Lipinski definition) is 4. The molecule has 0 bridgehead atoms. The van der Waals surface area contributed by atoms with Crippen LogP contribution in [0.25, 0.3) is 39.3 Å². The summed E-state index contributed by atoms with van der Waals surface area (Å²) >= 11 is 0. The van der Waals surface area contributed by atoms with Gasteiger partial charge in [-0.25, -0.2) is 0 Å². The normalized spacial score (nSPS) is 14.6. The minimum absolute atomic E-state index is 0.0631. The number of amides is 1. The third-order valence-electron chi connectivity index (χ3n) is 9.85. The van der Waals surface area contributed by atoms with E-state index in [9.17, 15) is 14.7 Å². The Bertz CT molecular complexity index is 2230. The van der Waals surface area contributed by atoms with E-state index in [0.29, 0.717) is 37.4 Å². The number of carbonyl (C=O) groups excluding carboxylic acids is 1. The number of nitrogens with zero attached hydrogens (tertiary/aromatic N) is 5. The van der Waals surface area contributed by atoms with Crippen LogP contribution in [0.15, 0.2) is 97.3 Å². The van der Waals surface area contributed by atoms with E-state index in [-0.39, 0.29) is 12.5 Å². The zero-order chi connectivity index (χ0) is 36.2. The van der Waals surface area contributed by atoms with Crippen LogP contribution >= 0.6 is 0 Å². The Morgan fingerprint density at radius 3 is 2.37 bits per heavy atom. The number of aromatic nitrogens is 4. The molecule has 1 amide bonds. The summed E-state index contributed by atoms with van der Waals surface area (Å²) in [6, 6.07) is 27.5. The van der Waals surface area contributed by atoms with E-state index in [0.717, 1.165) is 74.5 Å². The highest BCUT2D eigenvalue weighted by atomic mass is 16.4. The highest BCUT2D eigenvalue weighted by Gasteiger charge is 2.30. The van der Waals surface area contributed by atoms with Gasteiger partial charge in [0.15, 0.2) is 11.5 Å². The largest absolute Gasteiger partial charge is 0.480 e. The van der Waals surface area contributed by atoms with Gasteiger partial charge in [-0.2, -0.15) is 0 Å². The van der Waals surface area contributed by atoms with E-state index in [1.807, 2.05) is 77.0 Å². The number of aliphatic carboxylic acids is 1. The third kappa shape index (κ3) is 7.20. The number of rotatable bonds is 12. The van der Waals surface area contributed by atoms with Crippen molar-refractivity contribution in [3.8, 4) is 33.6 Å². The number of benzene rings is 3. The molecule has 3 aromatic heterocycles. The summed E-state index contributed by atoms with van der Waals surface area (Å²) in [5, 5.41) is 33.7. The van der Waals surface area contributed by atoms with Crippen molar-refractivity contribution in [3.05, 3.63) is 125 Å². The Hall–Kier alpha value is -5.75. The van der Waals surface area contributed by atoms with Gasteiger partial charge < -0.3 is 20.8 Å². The number of anilines is 1. The first-order chi connectivity index (χ1) is 25.3. The highest BCUT2D eigenvalue weighted by Crippen LogP contribution is 2.36. The molecule has 0 saturated carbocycles. The van der Waals surface area contributed by atoms with E-state index in [1.165, 1.54) is 0 Å². The molecule has 4 N–H and O–H groups in total. The lowest BCUT2D eigenvalue weighted by atomic mass is 9.90. The average Bonchev–Trinajstić information content (AvgIpc) is 3.81. The second kappa shape index (κ2) is 15.2. The van der Waals surface area contributed by atoms with Crippen molar-refractivity contribution in [2.24, 2.45) is 0 Å². The maximum absolute atomic E-state index is 13.1. The van der Waals surface area contributed by atoms with Crippen molar-refractivity contribution >= 4 is 23.2 Å². The van der Waals surface area contributed by atoms with Crippen LogP contribution in [0.4, 0.5) is 5.69 Å². The molecule has 264 valence electrons. The summed E-state index contributed by atoms with van der Waals surface area (Å²) in [4.78, 5) is 31.1. The van der Waals surface area contributed by atoms with Crippen molar-refractivity contribution in [1.29, 1.82) is 0 Å². The van der Waals surface area contributed by atoms with E-state index < -0.39 is 12.0 Å². The average molecular weight is 696 g/mol. The van der Waals surface area contributed by atoms with E-state index >= 15 is 0 Å². The Balaban J connectivity index is 1.09. The molecule has 1 aliphatic rings. The maximum Gasteiger partial charge on any atom is 0.320 e. The fourth-order valence-electron chi connectivity index (χ4n) is 7.01. The fraction of sp³-hybridized carbons (Fsp3) is 0.244. The lowest BCUT2D eigenvalue weighted by molar-refractivity contribution is -0.142. The number of hydrogen-bond acceptors (Lipinski definition) is 8. The van der Waals surface area contributed by atoms with Crippen molar-refractivity contribution < 1.29 is 19.8 Å². The highest BCUT2D eigenvalue weighted by molar-refractivity contribution is 6.04. The minimum Gasteiger partial charge on any atom is -0.480 e. The van der Waals surface area contributed by atoms with Crippen LogP contribution in [0.5, 0.6) is 0 Å². The van der Waals surface area contributed by atoms with Gasteiger partial charge in [0.1, 0.15) is 11.7 Å². The molecule has 11 heteroatoms. The van der Waals surface area contributed by atoms with Gasteiger partial charge >= 0.3 is 5.97 Å².